The quantitative estimate of drug-likeness (QED) is 0.0358. The zero-order valence-electron chi connectivity index (χ0n) is 49.9. The Hall–Kier alpha value is -1.40. The maximum absolute atomic E-state index is 12.6. The van der Waals surface area contributed by atoms with Gasteiger partial charge in [-0.2, -0.15) is 0 Å². The first-order chi connectivity index (χ1) is 36.6. The molecule has 1 heterocycles. The normalized spacial score (nSPS) is 15.1. The van der Waals surface area contributed by atoms with Gasteiger partial charge in [-0.1, -0.05) is 347 Å². The lowest BCUT2D eigenvalue weighted by Crippen LogP contribution is -2.40. The molecule has 1 fully saturated rings. The van der Waals surface area contributed by atoms with Crippen LogP contribution in [-0.4, -0.2) is 48.6 Å². The minimum absolute atomic E-state index is 0.00509. The third-order valence-electron chi connectivity index (χ3n) is 16.8. The molecular weight excluding hydrogens is 913 g/mol. The second-order valence-electron chi connectivity index (χ2n) is 24.2. The van der Waals surface area contributed by atoms with Crippen LogP contribution in [0, 0.1) is 11.3 Å². The molecule has 0 saturated carbocycles. The highest BCUT2D eigenvalue weighted by molar-refractivity contribution is 5.80. The van der Waals surface area contributed by atoms with E-state index in [4.69, 9.17) is 9.47 Å². The molecule has 1 unspecified atom stereocenters. The van der Waals surface area contributed by atoms with Crippen molar-refractivity contribution in [1.29, 1.82) is 0 Å². The number of carbonyl (C=O) groups is 2. The molecule has 6 nitrogen and oxygen atoms in total. The van der Waals surface area contributed by atoms with E-state index in [-0.39, 0.29) is 19.6 Å². The zero-order valence-corrected chi connectivity index (χ0v) is 49.9. The number of aliphatic hydroxyl groups is 2. The van der Waals surface area contributed by atoms with Gasteiger partial charge in [0.25, 0.3) is 0 Å². The molecule has 1 aliphatic heterocycles. The Balaban J connectivity index is 1.67. The zero-order chi connectivity index (χ0) is 53.2. The number of esters is 2. The first kappa shape index (κ1) is 70.6. The molecule has 0 spiro atoms. The fourth-order valence-electron chi connectivity index (χ4n) is 11.3. The summed E-state index contributed by atoms with van der Waals surface area (Å²) in [4.78, 5) is 24.8. The van der Waals surface area contributed by atoms with Gasteiger partial charge in [0.05, 0.1) is 31.0 Å². The van der Waals surface area contributed by atoms with Crippen LogP contribution in [-0.2, 0) is 19.1 Å². The second kappa shape index (κ2) is 57.8. The van der Waals surface area contributed by atoms with Gasteiger partial charge in [-0.15, -0.1) is 0 Å². The first-order valence-electron chi connectivity index (χ1n) is 33.8. The topological polar surface area (TPSA) is 93.1 Å². The molecular formula is C68H130O6. The van der Waals surface area contributed by atoms with Gasteiger partial charge in [0.2, 0.25) is 0 Å². The van der Waals surface area contributed by atoms with Crippen LogP contribution in [0.5, 0.6) is 0 Å². The Morgan fingerprint density at radius 2 is 0.581 bits per heavy atom. The fraction of sp³-hybridized carbons (Fsp3) is 0.941. The number of allylic oxidation sites excluding steroid dienone is 2. The van der Waals surface area contributed by atoms with E-state index < -0.39 is 36.5 Å². The third kappa shape index (κ3) is 48.9. The Kier molecular flexibility index (Phi) is 55.1. The van der Waals surface area contributed by atoms with E-state index in [1.165, 1.54) is 334 Å². The number of unbranched alkanes of at least 4 members (excludes halogenated alkanes) is 53. The largest absolute Gasteiger partial charge is 0.465 e. The summed E-state index contributed by atoms with van der Waals surface area (Å²) >= 11 is 0. The van der Waals surface area contributed by atoms with Crippen LogP contribution in [0.2, 0.25) is 0 Å². The van der Waals surface area contributed by atoms with Crippen molar-refractivity contribution in [2.75, 3.05) is 26.4 Å². The van der Waals surface area contributed by atoms with Crippen molar-refractivity contribution in [2.24, 2.45) is 11.3 Å². The average molecular weight is 1040 g/mol. The number of cyclic esters (lactones) is 2. The molecule has 0 aromatic carbocycles. The molecule has 0 aromatic rings. The Labute approximate surface area is 462 Å². The van der Waals surface area contributed by atoms with Gasteiger partial charge < -0.3 is 19.7 Å². The van der Waals surface area contributed by atoms with Crippen molar-refractivity contribution in [3.63, 3.8) is 0 Å². The maximum atomic E-state index is 12.6. The van der Waals surface area contributed by atoms with Gasteiger partial charge in [0.15, 0.2) is 0 Å². The van der Waals surface area contributed by atoms with Crippen molar-refractivity contribution < 1.29 is 29.3 Å². The molecule has 1 rings (SSSR count). The van der Waals surface area contributed by atoms with Gasteiger partial charge in [-0.25, -0.2) is 0 Å². The van der Waals surface area contributed by atoms with Crippen molar-refractivity contribution in [3.8, 4) is 0 Å². The Morgan fingerprint density at radius 1 is 0.351 bits per heavy atom. The minimum Gasteiger partial charge on any atom is -0.465 e. The van der Waals surface area contributed by atoms with Crippen LogP contribution in [0.1, 0.15) is 373 Å². The molecule has 0 aromatic heterocycles. The lowest BCUT2D eigenvalue weighted by Gasteiger charge is -2.27. The summed E-state index contributed by atoms with van der Waals surface area (Å²) in [5.74, 6) is -1.40. The summed E-state index contributed by atoms with van der Waals surface area (Å²) < 4.78 is 10.6. The monoisotopic (exact) mass is 1040 g/mol. The minimum atomic E-state index is -1.12. The molecule has 6 heteroatoms. The summed E-state index contributed by atoms with van der Waals surface area (Å²) in [6, 6.07) is 0. The van der Waals surface area contributed by atoms with Gasteiger partial charge in [0, 0.05) is 0 Å². The highest BCUT2D eigenvalue weighted by Gasteiger charge is 2.36. The number of carbonyl (C=O) groups excluding carboxylic acids is 2. The third-order valence-corrected chi connectivity index (χ3v) is 16.8. The van der Waals surface area contributed by atoms with Gasteiger partial charge in [0.1, 0.15) is 13.2 Å². The number of rotatable bonds is 59. The summed E-state index contributed by atoms with van der Waals surface area (Å²) in [6.45, 7) is 1.21. The van der Waals surface area contributed by atoms with Crippen molar-refractivity contribution >= 4 is 11.9 Å². The molecule has 1 saturated heterocycles. The molecule has 74 heavy (non-hydrogen) atoms. The van der Waals surface area contributed by atoms with E-state index in [9.17, 15) is 19.8 Å². The number of hydrogen-bond donors (Lipinski definition) is 2. The smallest absolute Gasteiger partial charge is 0.309 e. The molecule has 1 atom stereocenters. The highest BCUT2D eigenvalue weighted by atomic mass is 16.6. The number of hydrogen-bond acceptors (Lipinski definition) is 6. The Morgan fingerprint density at radius 3 is 0.838 bits per heavy atom. The number of aliphatic hydroxyl groups excluding tert-OH is 2. The standard InChI is InChI=1S/C68H130O6/c1-2-3-4-5-6-7-8-9-10-11-12-13-14-15-16-17-18-19-20-21-22-23-24-25-26-27-28-29-30-31-32-33-34-35-36-37-38-39-40-41-42-43-44-45-46-47-48-49-50-51-52-53-54-55-56-57-58-59-65-60-66(71)73-63-68(61-69,62-70)64-74-67(65)72/h17-18,65,69-70H,2-16,19-64H2,1H3/b18-17+. The molecule has 1 aliphatic rings. The lowest BCUT2D eigenvalue weighted by atomic mass is 9.92. The van der Waals surface area contributed by atoms with Crippen LogP contribution in [0.25, 0.3) is 0 Å². The van der Waals surface area contributed by atoms with Crippen LogP contribution < -0.4 is 0 Å². The second-order valence-corrected chi connectivity index (χ2v) is 24.2. The van der Waals surface area contributed by atoms with Crippen molar-refractivity contribution in [1.82, 2.24) is 0 Å². The Bertz CT molecular complexity index is 1160. The molecule has 0 aliphatic carbocycles. The molecule has 2 N–H and O–H groups in total. The van der Waals surface area contributed by atoms with Crippen molar-refractivity contribution in [3.05, 3.63) is 12.2 Å². The lowest BCUT2D eigenvalue weighted by molar-refractivity contribution is -0.155. The summed E-state index contributed by atoms with van der Waals surface area (Å²) in [5, 5.41) is 19.2. The average Bonchev–Trinajstić information content (AvgIpc) is 3.47. The number of ether oxygens (including phenoxy) is 2. The van der Waals surface area contributed by atoms with Gasteiger partial charge in [-0.05, 0) is 32.1 Å². The fourth-order valence-corrected chi connectivity index (χ4v) is 11.3. The maximum Gasteiger partial charge on any atom is 0.309 e. The van der Waals surface area contributed by atoms with E-state index in [1.807, 2.05) is 0 Å². The predicted octanol–water partition coefficient (Wildman–Crippen LogP) is 21.5. The van der Waals surface area contributed by atoms with Gasteiger partial charge >= 0.3 is 11.9 Å². The first-order valence-corrected chi connectivity index (χ1v) is 33.8. The van der Waals surface area contributed by atoms with E-state index >= 15 is 0 Å². The highest BCUT2D eigenvalue weighted by Crippen LogP contribution is 2.25. The van der Waals surface area contributed by atoms with E-state index in [0.29, 0.717) is 6.42 Å². The van der Waals surface area contributed by atoms with E-state index in [2.05, 4.69) is 19.1 Å². The molecule has 438 valence electrons. The summed E-state index contributed by atoms with van der Waals surface area (Å²) in [6.07, 6.45) is 83.1. The van der Waals surface area contributed by atoms with Crippen LogP contribution >= 0.6 is 0 Å². The molecule has 0 bridgehead atoms. The van der Waals surface area contributed by atoms with Crippen molar-refractivity contribution in [2.45, 2.75) is 373 Å². The summed E-state index contributed by atoms with van der Waals surface area (Å²) in [5.41, 5.74) is -1.12. The molecule has 0 amide bonds. The van der Waals surface area contributed by atoms with E-state index in [1.54, 1.807) is 0 Å². The molecule has 0 radical (unpaired) electrons. The van der Waals surface area contributed by atoms with Crippen LogP contribution in [0.4, 0.5) is 0 Å². The van der Waals surface area contributed by atoms with Crippen LogP contribution in [0.15, 0.2) is 12.2 Å². The van der Waals surface area contributed by atoms with E-state index in [0.717, 1.165) is 19.3 Å². The summed E-state index contributed by atoms with van der Waals surface area (Å²) in [7, 11) is 0. The predicted molar refractivity (Wildman–Crippen MR) is 320 cm³/mol. The SMILES string of the molecule is CCCCCCCCCCCCCCCC/C=C/CCCCCCCCCCCCCCCCCCCCCCCCCCCCCCCCCCCCCCCCCC1CC(=O)OCC(CO)(CO)COC1=O. The van der Waals surface area contributed by atoms with Gasteiger partial charge in [-0.3, -0.25) is 9.59 Å². The van der Waals surface area contributed by atoms with Crippen LogP contribution in [0.3, 0.4) is 0 Å².